The quantitative estimate of drug-likeness (QED) is 0.781. The van der Waals surface area contributed by atoms with E-state index in [1.54, 1.807) is 4.31 Å². The van der Waals surface area contributed by atoms with Gasteiger partial charge in [0.2, 0.25) is 0 Å². The molecule has 0 aromatic carbocycles. The Balaban J connectivity index is 1.51. The molecule has 2 aromatic rings. The summed E-state index contributed by atoms with van der Waals surface area (Å²) in [4.78, 5) is 2.48. The molecule has 8 heteroatoms. The van der Waals surface area contributed by atoms with Crippen molar-refractivity contribution in [1.82, 2.24) is 19.0 Å². The summed E-state index contributed by atoms with van der Waals surface area (Å²) in [6.45, 7) is 6.10. The van der Waals surface area contributed by atoms with E-state index in [1.807, 2.05) is 36.3 Å². The Morgan fingerprint density at radius 3 is 2.63 bits per heavy atom. The van der Waals surface area contributed by atoms with Crippen LogP contribution >= 0.6 is 11.3 Å². The first-order valence-corrected chi connectivity index (χ1v) is 12.0. The molecule has 4 heterocycles. The Morgan fingerprint density at radius 1 is 1.19 bits per heavy atom. The number of piperidine rings is 2. The molecule has 2 aromatic heterocycles. The lowest BCUT2D eigenvalue weighted by Gasteiger charge is -2.48. The van der Waals surface area contributed by atoms with Crippen LogP contribution in [0.3, 0.4) is 0 Å². The van der Waals surface area contributed by atoms with Crippen LogP contribution in [-0.4, -0.2) is 53.6 Å². The first kappa shape index (κ1) is 19.1. The second-order valence-corrected chi connectivity index (χ2v) is 11.1. The van der Waals surface area contributed by atoms with Gasteiger partial charge in [0.15, 0.2) is 0 Å². The van der Waals surface area contributed by atoms with Gasteiger partial charge in [-0.1, -0.05) is 0 Å². The van der Waals surface area contributed by atoms with Gasteiger partial charge in [0.1, 0.15) is 4.21 Å². The molecule has 2 aliphatic heterocycles. The van der Waals surface area contributed by atoms with Crippen molar-refractivity contribution in [3.05, 3.63) is 35.0 Å². The van der Waals surface area contributed by atoms with Crippen LogP contribution in [0, 0.1) is 12.3 Å². The number of hydrogen-bond acceptors (Lipinski definition) is 5. The van der Waals surface area contributed by atoms with Gasteiger partial charge in [0.25, 0.3) is 10.0 Å². The van der Waals surface area contributed by atoms with Gasteiger partial charge in [-0.05, 0) is 67.6 Å². The van der Waals surface area contributed by atoms with Gasteiger partial charge in [-0.2, -0.15) is 9.40 Å². The third-order valence-corrected chi connectivity index (χ3v) is 9.58. The van der Waals surface area contributed by atoms with Gasteiger partial charge >= 0.3 is 0 Å². The summed E-state index contributed by atoms with van der Waals surface area (Å²) in [5, 5.41) is 6.14. The van der Waals surface area contributed by atoms with Crippen molar-refractivity contribution in [2.24, 2.45) is 12.5 Å². The lowest BCUT2D eigenvalue weighted by Crippen LogP contribution is -2.53. The molecule has 1 unspecified atom stereocenters. The average molecular weight is 409 g/mol. The van der Waals surface area contributed by atoms with E-state index in [2.05, 4.69) is 16.1 Å². The maximum absolute atomic E-state index is 13.2. The number of likely N-dealkylation sites (tertiary alicyclic amines) is 1. The predicted octanol–water partition coefficient (Wildman–Crippen LogP) is 2.86. The van der Waals surface area contributed by atoms with Crippen LogP contribution in [0.4, 0.5) is 0 Å². The summed E-state index contributed by atoms with van der Waals surface area (Å²) in [5.74, 6) is 0. The molecule has 6 nitrogen and oxygen atoms in total. The number of sulfonamides is 1. The molecule has 0 bridgehead atoms. The fourth-order valence-corrected chi connectivity index (χ4v) is 7.81. The second-order valence-electron chi connectivity index (χ2n) is 8.09. The fourth-order valence-electron chi connectivity index (χ4n) is 4.67. The molecule has 0 saturated carbocycles. The number of rotatable bonds is 4. The molecule has 1 spiro atoms. The van der Waals surface area contributed by atoms with Gasteiger partial charge in [-0.25, -0.2) is 8.42 Å². The lowest BCUT2D eigenvalue weighted by atomic mass is 9.74. The molecule has 4 rings (SSSR count). The first-order valence-electron chi connectivity index (χ1n) is 9.63. The molecular formula is C19H28N4O2S2. The minimum absolute atomic E-state index is 0.0767. The Morgan fingerprint density at radius 2 is 1.96 bits per heavy atom. The van der Waals surface area contributed by atoms with Crippen molar-refractivity contribution < 1.29 is 8.42 Å². The summed E-state index contributed by atoms with van der Waals surface area (Å²) >= 11 is 1.34. The van der Waals surface area contributed by atoms with Crippen molar-refractivity contribution in [2.75, 3.05) is 26.2 Å². The Kier molecular flexibility index (Phi) is 5.18. The van der Waals surface area contributed by atoms with Crippen LogP contribution in [0.15, 0.2) is 27.9 Å². The van der Waals surface area contributed by atoms with E-state index in [0.29, 0.717) is 17.3 Å². The molecule has 27 heavy (non-hydrogen) atoms. The van der Waals surface area contributed by atoms with Crippen LogP contribution in [0.5, 0.6) is 0 Å². The van der Waals surface area contributed by atoms with E-state index in [4.69, 9.17) is 0 Å². The topological polar surface area (TPSA) is 58.4 Å². The summed E-state index contributed by atoms with van der Waals surface area (Å²) in [6, 6.07) is 3.96. The highest BCUT2D eigenvalue weighted by Gasteiger charge is 2.43. The highest BCUT2D eigenvalue weighted by molar-refractivity contribution is 7.91. The number of aromatic nitrogens is 2. The molecule has 0 amide bonds. The monoisotopic (exact) mass is 408 g/mol. The number of aryl methyl sites for hydroxylation is 2. The molecule has 2 fully saturated rings. The van der Waals surface area contributed by atoms with Crippen LogP contribution in [0.2, 0.25) is 0 Å². The number of hydrogen-bond donors (Lipinski definition) is 0. The smallest absolute Gasteiger partial charge is 0.252 e. The van der Waals surface area contributed by atoms with Crippen LogP contribution in [-0.2, 0) is 23.6 Å². The fraction of sp³-hybridized carbons (Fsp3) is 0.632. The van der Waals surface area contributed by atoms with Gasteiger partial charge in [0, 0.05) is 39.4 Å². The van der Waals surface area contributed by atoms with Gasteiger partial charge in [-0.15, -0.1) is 11.3 Å². The van der Waals surface area contributed by atoms with Gasteiger partial charge in [-0.3, -0.25) is 9.58 Å². The Labute approximate surface area is 165 Å². The van der Waals surface area contributed by atoms with Gasteiger partial charge < -0.3 is 0 Å². The second kappa shape index (κ2) is 7.31. The third-order valence-electron chi connectivity index (χ3n) is 6.06. The molecule has 2 saturated heterocycles. The summed E-state index contributed by atoms with van der Waals surface area (Å²) < 4.78 is 30.6. The van der Waals surface area contributed by atoms with Crippen LogP contribution in [0.25, 0.3) is 0 Å². The average Bonchev–Trinajstić information content (AvgIpc) is 3.24. The molecule has 0 aliphatic carbocycles. The first-order chi connectivity index (χ1) is 12.9. The van der Waals surface area contributed by atoms with E-state index >= 15 is 0 Å². The molecule has 148 valence electrons. The number of thiophene rings is 1. The van der Waals surface area contributed by atoms with Crippen molar-refractivity contribution in [3.8, 4) is 0 Å². The summed E-state index contributed by atoms with van der Waals surface area (Å²) in [7, 11) is -1.40. The predicted molar refractivity (Wildman–Crippen MR) is 107 cm³/mol. The summed E-state index contributed by atoms with van der Waals surface area (Å²) in [6.07, 6.45) is 6.15. The highest BCUT2D eigenvalue weighted by atomic mass is 32.2. The zero-order chi connectivity index (χ0) is 19.1. The van der Waals surface area contributed by atoms with Crippen LogP contribution in [0.1, 0.15) is 36.9 Å². The normalized spacial score (nSPS) is 25.3. The number of nitrogens with zero attached hydrogens (tertiary/aromatic N) is 4. The highest BCUT2D eigenvalue weighted by Crippen LogP contribution is 2.41. The minimum atomic E-state index is -3.38. The van der Waals surface area contributed by atoms with E-state index in [1.165, 1.54) is 17.0 Å². The maximum Gasteiger partial charge on any atom is 0.252 e. The molecule has 1 atom stereocenters. The van der Waals surface area contributed by atoms with E-state index < -0.39 is 10.0 Å². The van der Waals surface area contributed by atoms with E-state index in [-0.39, 0.29) is 5.41 Å². The summed E-state index contributed by atoms with van der Waals surface area (Å²) in [5.41, 5.74) is 2.15. The lowest BCUT2D eigenvalue weighted by molar-refractivity contribution is 0.0352. The van der Waals surface area contributed by atoms with Gasteiger partial charge in [0.05, 0.1) is 5.69 Å². The zero-order valence-electron chi connectivity index (χ0n) is 16.1. The Hall–Kier alpha value is -1.22. The van der Waals surface area contributed by atoms with Crippen molar-refractivity contribution in [1.29, 1.82) is 0 Å². The molecule has 2 aliphatic rings. The molecule has 0 N–H and O–H groups in total. The Bertz CT molecular complexity index is 900. The zero-order valence-corrected chi connectivity index (χ0v) is 17.7. The van der Waals surface area contributed by atoms with Crippen LogP contribution < -0.4 is 0 Å². The van der Waals surface area contributed by atoms with E-state index in [0.717, 1.165) is 50.9 Å². The molecule has 0 radical (unpaired) electrons. The largest absolute Gasteiger partial charge is 0.297 e. The SMILES string of the molecule is Cc1ccsc1S(=O)(=O)N1CCCC2(CCCN(Cc3ccnn3C)C2)C1. The third kappa shape index (κ3) is 3.72. The minimum Gasteiger partial charge on any atom is -0.297 e. The van der Waals surface area contributed by atoms with Crippen molar-refractivity contribution in [3.63, 3.8) is 0 Å². The standard InChI is InChI=1S/C19H28N4O2S2/c1-16-6-12-26-18(16)27(24,25)23-11-4-8-19(15-23)7-3-10-22(14-19)13-17-5-9-20-21(17)2/h5-6,9,12H,3-4,7-8,10-11,13-15H2,1-2H3. The van der Waals surface area contributed by atoms with E-state index in [9.17, 15) is 8.42 Å². The van der Waals surface area contributed by atoms with Crippen molar-refractivity contribution >= 4 is 21.4 Å². The van der Waals surface area contributed by atoms with Crippen molar-refractivity contribution in [2.45, 2.75) is 43.4 Å². The molecular weight excluding hydrogens is 380 g/mol. The maximum atomic E-state index is 13.2.